The summed E-state index contributed by atoms with van der Waals surface area (Å²) in [4.78, 5) is 91.3. The molecule has 1 N–H and O–H groups in total. The van der Waals surface area contributed by atoms with Gasteiger partial charge in [-0.1, -0.05) is 68.0 Å². The van der Waals surface area contributed by atoms with Crippen LogP contribution in [0.5, 0.6) is 0 Å². The molecular weight excluding hydrogens is 1060 g/mol. The fourth-order valence-electron chi connectivity index (χ4n) is 15.9. The summed E-state index contributed by atoms with van der Waals surface area (Å²) in [5.74, 6) is 1.37. The van der Waals surface area contributed by atoms with Gasteiger partial charge in [-0.2, -0.15) is 0 Å². The van der Waals surface area contributed by atoms with E-state index >= 15 is 0 Å². The second kappa shape index (κ2) is 28.1. The first-order valence-corrected chi connectivity index (χ1v) is 29.8. The van der Waals surface area contributed by atoms with Crippen molar-refractivity contribution in [1.82, 2.24) is 0 Å². The molecule has 13 rings (SSSR count). The van der Waals surface area contributed by atoms with Crippen LogP contribution in [0.1, 0.15) is 198 Å². The predicted octanol–water partition coefficient (Wildman–Crippen LogP) is 11.4. The van der Waals surface area contributed by atoms with Gasteiger partial charge in [0.05, 0.1) is 18.1 Å². The number of carbonyl (C=O) groups excluding carboxylic acids is 8. The second-order valence-corrected chi connectivity index (χ2v) is 25.9. The van der Waals surface area contributed by atoms with Gasteiger partial charge in [-0.05, 0) is 186 Å². The average molecular weight is 1160 g/mol. The first-order chi connectivity index (χ1) is 38.1. The molecule has 0 spiro atoms. The summed E-state index contributed by atoms with van der Waals surface area (Å²) in [5.41, 5.74) is 0.694. The predicted molar refractivity (Wildman–Crippen MR) is 310 cm³/mol. The highest BCUT2D eigenvalue weighted by Gasteiger charge is 2.64. The number of hydrogen-bond donors (Lipinski definition) is 1. The number of fused-ring (bicyclic) bond motifs is 1. The Kier molecular flexibility index (Phi) is 23.1. The fraction of sp³-hybridized carbons (Fsp3) is 0.727. The van der Waals surface area contributed by atoms with Gasteiger partial charge in [0.2, 0.25) is 6.10 Å². The van der Waals surface area contributed by atoms with E-state index in [4.69, 9.17) is 33.2 Å². The van der Waals surface area contributed by atoms with Gasteiger partial charge in [0, 0.05) is 52.5 Å². The molecule has 17 nitrogen and oxygen atoms in total. The van der Waals surface area contributed by atoms with Crippen molar-refractivity contribution in [2.45, 2.75) is 239 Å². The third-order valence-electron chi connectivity index (χ3n) is 19.2. The molecule has 83 heavy (non-hydrogen) atoms. The molecule has 0 aromatic carbocycles. The van der Waals surface area contributed by atoms with Crippen molar-refractivity contribution in [3.63, 3.8) is 0 Å². The zero-order chi connectivity index (χ0) is 59.4. The van der Waals surface area contributed by atoms with Gasteiger partial charge in [0.25, 0.3) is 0 Å². The summed E-state index contributed by atoms with van der Waals surface area (Å²) in [5, 5.41) is 10.5. The lowest BCUT2D eigenvalue weighted by atomic mass is 9.49. The van der Waals surface area contributed by atoms with Crippen LogP contribution in [0.4, 0.5) is 0 Å². The Bertz CT molecular complexity index is 2450. The van der Waals surface area contributed by atoms with E-state index in [-0.39, 0.29) is 84.9 Å². The van der Waals surface area contributed by atoms with Crippen molar-refractivity contribution >= 4 is 47.8 Å². The van der Waals surface area contributed by atoms with Crippen LogP contribution in [0.3, 0.4) is 0 Å². The van der Waals surface area contributed by atoms with Crippen LogP contribution in [0.25, 0.3) is 0 Å². The summed E-state index contributed by atoms with van der Waals surface area (Å²) >= 11 is 0. The van der Waals surface area contributed by atoms with Crippen molar-refractivity contribution in [2.24, 2.45) is 53.3 Å². The third-order valence-corrected chi connectivity index (χ3v) is 19.2. The van der Waals surface area contributed by atoms with E-state index in [2.05, 4.69) is 51.5 Å². The van der Waals surface area contributed by atoms with Crippen LogP contribution in [0.15, 0.2) is 60.8 Å². The maximum Gasteiger partial charge on any atom is 0.347 e. The Morgan fingerprint density at radius 2 is 1.11 bits per heavy atom. The third kappa shape index (κ3) is 16.0. The average Bonchev–Trinajstić information content (AvgIpc) is 1.84. The normalized spacial score (nSPS) is 34.7. The molecule has 11 saturated carbocycles. The largest absolute Gasteiger partial charge is 0.463 e. The summed E-state index contributed by atoms with van der Waals surface area (Å²) in [6, 6.07) is 0. The molecule has 13 fully saturated rings. The lowest BCUT2D eigenvalue weighted by Crippen LogP contribution is -2.60. The Morgan fingerprint density at radius 1 is 0.590 bits per heavy atom. The van der Waals surface area contributed by atoms with Gasteiger partial charge in [0.1, 0.15) is 29.0 Å². The molecule has 17 heteroatoms. The fourth-order valence-corrected chi connectivity index (χ4v) is 15.9. The van der Waals surface area contributed by atoms with Gasteiger partial charge in [-0.15, -0.1) is 0 Å². The van der Waals surface area contributed by atoms with Crippen LogP contribution in [-0.4, -0.2) is 107 Å². The zero-order valence-electron chi connectivity index (χ0n) is 49.2. The molecule has 11 aliphatic carbocycles. The van der Waals surface area contributed by atoms with Crippen LogP contribution in [-0.2, 0) is 76.3 Å². The van der Waals surface area contributed by atoms with Crippen molar-refractivity contribution in [3.8, 4) is 0 Å². The Hall–Kier alpha value is -5.58. The maximum atomic E-state index is 12.0. The number of carbonyl (C=O) groups is 8. The Labute approximate surface area is 493 Å². The topological polar surface area (TPSA) is 231 Å². The summed E-state index contributed by atoms with van der Waals surface area (Å²) in [6.07, 6.45) is 20.2. The first-order valence-electron chi connectivity index (χ1n) is 29.8. The van der Waals surface area contributed by atoms with E-state index in [1.165, 1.54) is 71.6 Å². The monoisotopic (exact) mass is 1160 g/mol. The highest BCUT2D eigenvalue weighted by molar-refractivity contribution is 5.90. The van der Waals surface area contributed by atoms with Gasteiger partial charge in [-0.25, -0.2) is 33.6 Å². The van der Waals surface area contributed by atoms with Crippen LogP contribution in [0, 0.1) is 53.3 Å². The Morgan fingerprint density at radius 3 is 1.59 bits per heavy atom. The highest BCUT2D eigenvalue weighted by atomic mass is 16.6. The first kappa shape index (κ1) is 68.2. The molecule has 464 valence electrons. The van der Waals surface area contributed by atoms with Crippen LogP contribution >= 0.6 is 0 Å². The molecule has 8 unspecified atom stereocenters. The number of aliphatic hydroxyl groups is 1. The maximum absolute atomic E-state index is 12.0. The van der Waals surface area contributed by atoms with Gasteiger partial charge >= 0.3 is 47.8 Å². The van der Waals surface area contributed by atoms with Gasteiger partial charge in [0.15, 0.2) is 6.61 Å². The minimum absolute atomic E-state index is 0. The SMILES string of the molecule is C.C.C=C(C)C(=O)OC1(CC)C2CC3CC(C2)CC1C3.C=C(C)C(=O)OC1(CC)CCCCC1.C=C(C)C(=O)OC12CC3CC(CC(O)(C3)C1)C2.C=C(C)C(=O)OC1CCOC1=O.C=C(C)C(=O)OCC(=O)OC1C2CC3C(=O)OC1C3C2. The highest BCUT2D eigenvalue weighted by Crippen LogP contribution is 2.62. The molecule has 10 bridgehead atoms. The molecule has 0 aromatic heterocycles. The molecule has 8 atom stereocenters. The minimum Gasteiger partial charge on any atom is -0.463 e. The summed E-state index contributed by atoms with van der Waals surface area (Å²) in [6.45, 7) is 30.1. The van der Waals surface area contributed by atoms with E-state index in [9.17, 15) is 43.5 Å². The van der Waals surface area contributed by atoms with E-state index in [1.54, 1.807) is 20.8 Å². The molecule has 0 aromatic rings. The van der Waals surface area contributed by atoms with E-state index in [0.29, 0.717) is 59.8 Å². The van der Waals surface area contributed by atoms with Crippen LogP contribution < -0.4 is 0 Å². The zero-order valence-corrected chi connectivity index (χ0v) is 49.2. The molecule has 0 radical (unpaired) electrons. The molecule has 2 heterocycles. The number of hydrogen-bond acceptors (Lipinski definition) is 17. The Balaban J connectivity index is 0.000000191. The smallest absolute Gasteiger partial charge is 0.347 e. The number of cyclic esters (lactones) is 1. The number of ether oxygens (including phenoxy) is 8. The molecule has 2 aliphatic heterocycles. The van der Waals surface area contributed by atoms with Crippen molar-refractivity contribution in [1.29, 1.82) is 0 Å². The number of rotatable bonds is 14. The van der Waals surface area contributed by atoms with Crippen molar-refractivity contribution < 1.29 is 81.4 Å². The van der Waals surface area contributed by atoms with E-state index < -0.39 is 53.9 Å². The lowest BCUT2D eigenvalue weighted by molar-refractivity contribution is -0.217. The van der Waals surface area contributed by atoms with Crippen molar-refractivity contribution in [2.75, 3.05) is 13.2 Å². The van der Waals surface area contributed by atoms with Crippen molar-refractivity contribution in [3.05, 3.63) is 60.8 Å². The number of esters is 8. The summed E-state index contributed by atoms with van der Waals surface area (Å²) < 4.78 is 41.9. The molecule has 13 aliphatic rings. The molecule has 0 amide bonds. The molecular formula is C66H98O17. The second-order valence-electron chi connectivity index (χ2n) is 25.9. The van der Waals surface area contributed by atoms with E-state index in [0.717, 1.165) is 76.0 Å². The van der Waals surface area contributed by atoms with Gasteiger partial charge in [-0.3, -0.25) is 4.79 Å². The minimum atomic E-state index is -0.728. The quantitative estimate of drug-likeness (QED) is 0.0968. The standard InChI is InChI=1S/C16H24O2.C14H16O6.C14H20O3.C12H20O2.C8H10O4.2CH4/c1-4-16(18-15(17)10(2)3)13-6-11-5-12(8-13)9-14(16)7-11;1-6(2)13(16)18-5-10(15)19-11-7-3-8-9(4-7)14(17)20-12(8)11;1-9(2)12(15)17-14-6-10-3-11(7-14)5-13(16,4-10)8-14;1-4-12(8-6-5-7-9-12)14-11(13)10(2)3;1-5(2)7(9)12-6-3-4-11-8(6)10;;/h11-14H,2,4-9H2,1,3H3;7-9,11-12H,1,3-5H2,2H3;10-11,16H,1,3-8H2,2H3;2,4-9H2,1,3H3;6H,1,3-4H2,2H3;2*1H4. The lowest BCUT2D eigenvalue weighted by Gasteiger charge is -2.60. The van der Waals surface area contributed by atoms with Gasteiger partial charge < -0.3 is 43.0 Å². The van der Waals surface area contributed by atoms with E-state index in [1.807, 2.05) is 0 Å². The van der Waals surface area contributed by atoms with Crippen LogP contribution in [0.2, 0.25) is 0 Å². The summed E-state index contributed by atoms with van der Waals surface area (Å²) in [7, 11) is 0. The molecule has 2 saturated heterocycles.